The van der Waals surface area contributed by atoms with Gasteiger partial charge in [0.25, 0.3) is 0 Å². The molecule has 0 spiro atoms. The van der Waals surface area contributed by atoms with Crippen molar-refractivity contribution in [3.8, 4) is 45.3 Å². The number of nitrogens with zero attached hydrogens (tertiary/aromatic N) is 3. The normalized spacial score (nSPS) is 11.8. The Hall–Kier alpha value is -6.75. The van der Waals surface area contributed by atoms with Crippen LogP contribution >= 0.6 is 11.3 Å². The van der Waals surface area contributed by atoms with Crippen LogP contribution in [0.25, 0.3) is 109 Å². The minimum Gasteiger partial charge on any atom is -0.208 e. The van der Waals surface area contributed by atoms with Gasteiger partial charge in [0.05, 0.1) is 0 Å². The Morgan fingerprint density at radius 3 is 1.55 bits per heavy atom. The summed E-state index contributed by atoms with van der Waals surface area (Å²) in [5.74, 6) is 1.97. The first-order chi connectivity index (χ1) is 26.3. The predicted molar refractivity (Wildman–Crippen MR) is 224 cm³/mol. The largest absolute Gasteiger partial charge is 0.208 e. The van der Waals surface area contributed by atoms with E-state index in [0.29, 0.717) is 17.5 Å². The molecule has 9 aromatic carbocycles. The van der Waals surface area contributed by atoms with Gasteiger partial charge in [-0.25, -0.2) is 15.0 Å². The molecular weight excluding hydrogens is 663 g/mol. The molecule has 2 aromatic heterocycles. The first-order valence-electron chi connectivity index (χ1n) is 17.9. The summed E-state index contributed by atoms with van der Waals surface area (Å²) in [7, 11) is 0. The van der Waals surface area contributed by atoms with Crippen molar-refractivity contribution in [3.05, 3.63) is 176 Å². The lowest BCUT2D eigenvalue weighted by atomic mass is 9.94. The van der Waals surface area contributed by atoms with Crippen LogP contribution < -0.4 is 0 Å². The number of benzene rings is 9. The standard InChI is InChI=1S/C49H29N3S/c1-3-13-30(14-4-1)35-26-27-40(39-22-12-11-21-38(35)39)48-50-47(33-17-5-2-6-18-33)51-49(52-48)41-29-34-24-23-31-15-7-9-19-36(31)43(34)46-45(41)44-37-20-10-8-16-32(37)25-28-42(44)53-46/h1-29H. The summed E-state index contributed by atoms with van der Waals surface area (Å²) in [4.78, 5) is 15.9. The third kappa shape index (κ3) is 4.77. The van der Waals surface area contributed by atoms with Crippen LogP contribution in [-0.2, 0) is 0 Å². The van der Waals surface area contributed by atoms with Crippen LogP contribution in [0.3, 0.4) is 0 Å². The summed E-state index contributed by atoms with van der Waals surface area (Å²) in [6.45, 7) is 0. The highest BCUT2D eigenvalue weighted by Crippen LogP contribution is 2.48. The van der Waals surface area contributed by atoms with Gasteiger partial charge in [-0.3, -0.25) is 0 Å². The van der Waals surface area contributed by atoms with Gasteiger partial charge in [0.1, 0.15) is 0 Å². The SMILES string of the molecule is c1ccc(-c2nc(-c3ccc(-c4ccccc4)c4ccccc34)nc(-c3cc4ccc5ccccc5c4c4sc5ccc6ccccc6c5c34)n2)cc1. The average molecular weight is 692 g/mol. The Labute approximate surface area is 309 Å². The first kappa shape index (κ1) is 29.9. The summed E-state index contributed by atoms with van der Waals surface area (Å²) in [5, 5.41) is 12.1. The Bertz CT molecular complexity index is 3220. The van der Waals surface area contributed by atoms with Gasteiger partial charge < -0.3 is 0 Å². The molecule has 0 aliphatic heterocycles. The molecule has 0 atom stereocenters. The van der Waals surface area contributed by atoms with Gasteiger partial charge in [-0.15, -0.1) is 11.3 Å². The van der Waals surface area contributed by atoms with E-state index in [9.17, 15) is 0 Å². The van der Waals surface area contributed by atoms with E-state index in [-0.39, 0.29) is 0 Å². The lowest BCUT2D eigenvalue weighted by Crippen LogP contribution is -2.01. The lowest BCUT2D eigenvalue weighted by molar-refractivity contribution is 1.08. The highest BCUT2D eigenvalue weighted by atomic mass is 32.1. The fourth-order valence-corrected chi connectivity index (χ4v) is 9.38. The topological polar surface area (TPSA) is 38.7 Å². The number of aromatic nitrogens is 3. The molecular formula is C49H29N3S. The number of fused-ring (bicyclic) bond motifs is 10. The maximum absolute atomic E-state index is 5.42. The van der Waals surface area contributed by atoms with Crippen molar-refractivity contribution in [2.24, 2.45) is 0 Å². The molecule has 3 nitrogen and oxygen atoms in total. The fourth-order valence-electron chi connectivity index (χ4n) is 8.06. The van der Waals surface area contributed by atoms with Crippen molar-refractivity contribution in [3.63, 3.8) is 0 Å². The second kappa shape index (κ2) is 11.9. The number of hydrogen-bond donors (Lipinski definition) is 0. The first-order valence-corrected chi connectivity index (χ1v) is 18.7. The van der Waals surface area contributed by atoms with Crippen LogP contribution in [-0.4, -0.2) is 15.0 Å². The molecule has 0 fully saturated rings. The summed E-state index contributed by atoms with van der Waals surface area (Å²) in [5.41, 5.74) is 5.30. The minimum atomic E-state index is 0.651. The Kier molecular flexibility index (Phi) is 6.73. The molecule has 53 heavy (non-hydrogen) atoms. The predicted octanol–water partition coefficient (Wildman–Crippen LogP) is 13.5. The highest BCUT2D eigenvalue weighted by molar-refractivity contribution is 7.27. The molecule has 11 aromatic rings. The van der Waals surface area contributed by atoms with Crippen molar-refractivity contribution < 1.29 is 0 Å². The molecule has 4 heteroatoms. The maximum Gasteiger partial charge on any atom is 0.164 e. The molecule has 0 saturated carbocycles. The van der Waals surface area contributed by atoms with Crippen LogP contribution in [0.15, 0.2) is 176 Å². The minimum absolute atomic E-state index is 0.651. The van der Waals surface area contributed by atoms with Crippen molar-refractivity contribution >= 4 is 74.6 Å². The third-order valence-corrected chi connectivity index (χ3v) is 11.7. The zero-order chi connectivity index (χ0) is 34.9. The van der Waals surface area contributed by atoms with E-state index in [2.05, 4.69) is 158 Å². The van der Waals surface area contributed by atoms with Crippen LogP contribution in [0.5, 0.6) is 0 Å². The summed E-state index contributed by atoms with van der Waals surface area (Å²) >= 11 is 1.86. The molecule has 0 bridgehead atoms. The molecule has 0 amide bonds. The smallest absolute Gasteiger partial charge is 0.164 e. The van der Waals surface area contributed by atoms with Gasteiger partial charge in [-0.2, -0.15) is 0 Å². The second-order valence-corrected chi connectivity index (χ2v) is 14.6. The third-order valence-electron chi connectivity index (χ3n) is 10.5. The van der Waals surface area contributed by atoms with Crippen LogP contribution in [0.4, 0.5) is 0 Å². The summed E-state index contributed by atoms with van der Waals surface area (Å²) < 4.78 is 2.50. The number of hydrogen-bond acceptors (Lipinski definition) is 4. The lowest BCUT2D eigenvalue weighted by Gasteiger charge is -2.14. The molecule has 11 rings (SSSR count). The monoisotopic (exact) mass is 691 g/mol. The zero-order valence-electron chi connectivity index (χ0n) is 28.5. The molecule has 0 aliphatic carbocycles. The number of rotatable bonds is 4. The second-order valence-electron chi connectivity index (χ2n) is 13.5. The molecule has 0 radical (unpaired) electrons. The van der Waals surface area contributed by atoms with Crippen molar-refractivity contribution in [1.29, 1.82) is 0 Å². The van der Waals surface area contributed by atoms with E-state index in [1.54, 1.807) is 0 Å². The van der Waals surface area contributed by atoms with Crippen LogP contribution in [0.2, 0.25) is 0 Å². The van der Waals surface area contributed by atoms with Crippen LogP contribution in [0.1, 0.15) is 0 Å². The zero-order valence-corrected chi connectivity index (χ0v) is 29.3. The summed E-state index contributed by atoms with van der Waals surface area (Å²) in [6, 6.07) is 62.5. The van der Waals surface area contributed by atoms with Gasteiger partial charge in [0.2, 0.25) is 0 Å². The number of thiophene rings is 1. The molecule has 0 N–H and O–H groups in total. The molecule has 246 valence electrons. The molecule has 0 aliphatic rings. The maximum atomic E-state index is 5.42. The van der Waals surface area contributed by atoms with Gasteiger partial charge in [0, 0.05) is 42.2 Å². The van der Waals surface area contributed by atoms with Crippen molar-refractivity contribution in [2.75, 3.05) is 0 Å². The van der Waals surface area contributed by atoms with Gasteiger partial charge in [-0.1, -0.05) is 158 Å². The van der Waals surface area contributed by atoms with E-state index in [1.165, 1.54) is 63.6 Å². The Balaban J connectivity index is 1.26. The van der Waals surface area contributed by atoms with E-state index >= 15 is 0 Å². The molecule has 0 unspecified atom stereocenters. The fraction of sp³-hybridized carbons (Fsp3) is 0. The van der Waals surface area contributed by atoms with E-state index in [4.69, 9.17) is 15.0 Å². The molecule has 0 saturated heterocycles. The summed E-state index contributed by atoms with van der Waals surface area (Å²) in [6.07, 6.45) is 0. The highest BCUT2D eigenvalue weighted by Gasteiger charge is 2.22. The van der Waals surface area contributed by atoms with Crippen molar-refractivity contribution in [2.45, 2.75) is 0 Å². The van der Waals surface area contributed by atoms with E-state index < -0.39 is 0 Å². The Morgan fingerprint density at radius 2 is 0.830 bits per heavy atom. The van der Waals surface area contributed by atoms with Gasteiger partial charge >= 0.3 is 0 Å². The van der Waals surface area contributed by atoms with Gasteiger partial charge in [0.15, 0.2) is 17.5 Å². The van der Waals surface area contributed by atoms with Crippen molar-refractivity contribution in [1.82, 2.24) is 15.0 Å². The van der Waals surface area contributed by atoms with Crippen LogP contribution in [0, 0.1) is 0 Å². The van der Waals surface area contributed by atoms with E-state index in [0.717, 1.165) is 27.5 Å². The quantitative estimate of drug-likeness (QED) is 0.172. The Morgan fingerprint density at radius 1 is 0.321 bits per heavy atom. The average Bonchev–Trinajstić information content (AvgIpc) is 3.64. The van der Waals surface area contributed by atoms with E-state index in [1.807, 2.05) is 29.5 Å². The molecule has 2 heterocycles. The van der Waals surface area contributed by atoms with Gasteiger partial charge in [-0.05, 0) is 67.0 Å².